The van der Waals surface area contributed by atoms with Gasteiger partial charge in [-0.15, -0.1) is 0 Å². The number of rotatable bonds is 2. The van der Waals surface area contributed by atoms with Crippen molar-refractivity contribution in [2.75, 3.05) is 6.54 Å². The molecule has 1 aromatic rings. The highest BCUT2D eigenvalue weighted by atomic mass is 19.4. The van der Waals surface area contributed by atoms with Crippen molar-refractivity contribution in [2.24, 2.45) is 5.73 Å². The van der Waals surface area contributed by atoms with Crippen LogP contribution in [0.4, 0.5) is 13.2 Å². The Labute approximate surface area is 84.7 Å². The zero-order valence-electron chi connectivity index (χ0n) is 8.04. The van der Waals surface area contributed by atoms with Gasteiger partial charge in [-0.1, -0.05) is 6.07 Å². The van der Waals surface area contributed by atoms with Crippen molar-refractivity contribution in [2.45, 2.75) is 18.7 Å². The van der Waals surface area contributed by atoms with Crippen molar-refractivity contribution in [1.82, 2.24) is 4.98 Å². The fourth-order valence-corrected chi connectivity index (χ4v) is 1.11. The number of pyridine rings is 1. The summed E-state index contributed by atoms with van der Waals surface area (Å²) in [6.07, 6.45) is -3.83. The second kappa shape index (κ2) is 3.79. The van der Waals surface area contributed by atoms with Crippen molar-refractivity contribution < 1.29 is 18.3 Å². The van der Waals surface area contributed by atoms with E-state index in [9.17, 15) is 18.3 Å². The van der Waals surface area contributed by atoms with Crippen LogP contribution in [-0.2, 0) is 5.60 Å². The molecule has 0 saturated carbocycles. The Morgan fingerprint density at radius 2 is 2.00 bits per heavy atom. The van der Waals surface area contributed by atoms with Crippen LogP contribution in [-0.4, -0.2) is 22.8 Å². The van der Waals surface area contributed by atoms with Gasteiger partial charge in [0.1, 0.15) is 0 Å². The maximum absolute atomic E-state index is 12.5. The second-order valence-electron chi connectivity index (χ2n) is 3.25. The van der Waals surface area contributed by atoms with E-state index in [2.05, 4.69) is 4.98 Å². The molecule has 0 radical (unpaired) electrons. The third kappa shape index (κ3) is 2.10. The number of nitrogens with two attached hydrogens (primary N) is 1. The fourth-order valence-electron chi connectivity index (χ4n) is 1.11. The van der Waals surface area contributed by atoms with Gasteiger partial charge >= 0.3 is 6.18 Å². The van der Waals surface area contributed by atoms with Crippen molar-refractivity contribution in [3.05, 3.63) is 29.6 Å². The quantitative estimate of drug-likeness (QED) is 0.784. The number of alkyl halides is 3. The van der Waals surface area contributed by atoms with Crippen LogP contribution in [0.1, 0.15) is 11.3 Å². The smallest absolute Gasteiger partial charge is 0.375 e. The van der Waals surface area contributed by atoms with Crippen molar-refractivity contribution in [1.29, 1.82) is 0 Å². The van der Waals surface area contributed by atoms with Crippen LogP contribution in [0.5, 0.6) is 0 Å². The SMILES string of the molecule is Cc1ccc(C(O)(CN)C(F)(F)F)cn1. The molecule has 15 heavy (non-hydrogen) atoms. The molecule has 0 spiro atoms. The minimum absolute atomic E-state index is 0.344. The molecule has 0 aliphatic rings. The minimum atomic E-state index is -4.81. The highest BCUT2D eigenvalue weighted by Crippen LogP contribution is 2.37. The maximum atomic E-state index is 12.5. The van der Waals surface area contributed by atoms with Crippen LogP contribution >= 0.6 is 0 Å². The highest BCUT2D eigenvalue weighted by molar-refractivity contribution is 5.23. The summed E-state index contributed by atoms with van der Waals surface area (Å²) in [6.45, 7) is 0.708. The molecule has 0 saturated heterocycles. The number of aryl methyl sites for hydroxylation is 1. The third-order valence-corrected chi connectivity index (χ3v) is 2.15. The molecule has 6 heteroatoms. The van der Waals surface area contributed by atoms with E-state index in [4.69, 9.17) is 5.73 Å². The topological polar surface area (TPSA) is 59.1 Å². The van der Waals surface area contributed by atoms with Gasteiger partial charge in [0.15, 0.2) is 5.60 Å². The standard InChI is InChI=1S/C9H11F3N2O/c1-6-2-3-7(4-14-6)8(15,5-13)9(10,11)12/h2-4,15H,5,13H2,1H3. The van der Waals surface area contributed by atoms with E-state index < -0.39 is 18.3 Å². The van der Waals surface area contributed by atoms with E-state index in [-0.39, 0.29) is 5.56 Å². The summed E-state index contributed by atoms with van der Waals surface area (Å²) in [5.41, 5.74) is 2.17. The van der Waals surface area contributed by atoms with E-state index >= 15 is 0 Å². The first-order chi connectivity index (χ1) is 6.81. The average Bonchev–Trinajstić information content (AvgIpc) is 2.16. The van der Waals surface area contributed by atoms with E-state index in [1.807, 2.05) is 0 Å². The summed E-state index contributed by atoms with van der Waals surface area (Å²) in [5.74, 6) is 0. The molecule has 0 aromatic carbocycles. The summed E-state index contributed by atoms with van der Waals surface area (Å²) in [5, 5.41) is 9.43. The van der Waals surface area contributed by atoms with Crippen molar-refractivity contribution in [3.8, 4) is 0 Å². The molecule has 0 aliphatic heterocycles. The molecule has 1 heterocycles. The van der Waals surface area contributed by atoms with Gasteiger partial charge in [-0.05, 0) is 13.0 Å². The molecule has 3 N–H and O–H groups in total. The predicted octanol–water partition coefficient (Wildman–Crippen LogP) is 1.10. The number of hydrogen-bond donors (Lipinski definition) is 2. The number of nitrogens with zero attached hydrogens (tertiary/aromatic N) is 1. The first-order valence-electron chi connectivity index (χ1n) is 4.23. The van der Waals surface area contributed by atoms with E-state index in [1.54, 1.807) is 6.92 Å². The van der Waals surface area contributed by atoms with Gasteiger partial charge < -0.3 is 10.8 Å². The van der Waals surface area contributed by atoms with Gasteiger partial charge in [-0.2, -0.15) is 13.2 Å². The van der Waals surface area contributed by atoms with Crippen molar-refractivity contribution >= 4 is 0 Å². The molecule has 0 aliphatic carbocycles. The van der Waals surface area contributed by atoms with Gasteiger partial charge in [-0.25, -0.2) is 0 Å². The fraction of sp³-hybridized carbons (Fsp3) is 0.444. The van der Waals surface area contributed by atoms with Gasteiger partial charge in [0.25, 0.3) is 0 Å². The summed E-state index contributed by atoms with van der Waals surface area (Å²) >= 11 is 0. The van der Waals surface area contributed by atoms with Crippen LogP contribution in [0, 0.1) is 6.92 Å². The number of aliphatic hydroxyl groups is 1. The summed E-state index contributed by atoms with van der Waals surface area (Å²) < 4.78 is 37.6. The summed E-state index contributed by atoms with van der Waals surface area (Å²) in [6, 6.07) is 2.56. The largest absolute Gasteiger partial charge is 0.422 e. The van der Waals surface area contributed by atoms with E-state index in [0.29, 0.717) is 5.69 Å². The van der Waals surface area contributed by atoms with Gasteiger partial charge in [0.05, 0.1) is 0 Å². The zero-order chi connectivity index (χ0) is 11.7. The minimum Gasteiger partial charge on any atom is -0.375 e. The lowest BCUT2D eigenvalue weighted by atomic mass is 9.95. The number of halogens is 3. The van der Waals surface area contributed by atoms with Crippen LogP contribution in [0.25, 0.3) is 0 Å². The molecule has 0 amide bonds. The molecular formula is C9H11F3N2O. The lowest BCUT2D eigenvalue weighted by molar-refractivity contribution is -0.262. The monoisotopic (exact) mass is 220 g/mol. The molecule has 1 atom stereocenters. The maximum Gasteiger partial charge on any atom is 0.422 e. The van der Waals surface area contributed by atoms with E-state index in [1.165, 1.54) is 12.1 Å². The van der Waals surface area contributed by atoms with Gasteiger partial charge in [-0.3, -0.25) is 4.98 Å². The Bertz CT molecular complexity index is 336. The normalized spacial score (nSPS) is 16.1. The van der Waals surface area contributed by atoms with Gasteiger partial charge in [0, 0.05) is 24.0 Å². The van der Waals surface area contributed by atoms with E-state index in [0.717, 1.165) is 6.20 Å². The Morgan fingerprint density at radius 3 is 2.33 bits per heavy atom. The first kappa shape index (κ1) is 11.9. The van der Waals surface area contributed by atoms with Crippen LogP contribution < -0.4 is 5.73 Å². The molecule has 84 valence electrons. The predicted molar refractivity (Wildman–Crippen MR) is 48.0 cm³/mol. The Kier molecular flexibility index (Phi) is 3.01. The Balaban J connectivity index is 3.18. The summed E-state index contributed by atoms with van der Waals surface area (Å²) in [4.78, 5) is 3.69. The molecule has 1 rings (SSSR count). The molecule has 0 fully saturated rings. The van der Waals surface area contributed by atoms with Crippen LogP contribution in [0.3, 0.4) is 0 Å². The van der Waals surface area contributed by atoms with Crippen LogP contribution in [0.2, 0.25) is 0 Å². The first-order valence-corrected chi connectivity index (χ1v) is 4.23. The molecule has 1 aromatic heterocycles. The third-order valence-electron chi connectivity index (χ3n) is 2.15. The molecule has 0 bridgehead atoms. The van der Waals surface area contributed by atoms with Gasteiger partial charge in [0.2, 0.25) is 0 Å². The Hall–Kier alpha value is -1.14. The Morgan fingerprint density at radius 1 is 1.40 bits per heavy atom. The molecular weight excluding hydrogens is 209 g/mol. The van der Waals surface area contributed by atoms with Crippen LogP contribution in [0.15, 0.2) is 18.3 Å². The number of hydrogen-bond acceptors (Lipinski definition) is 3. The zero-order valence-corrected chi connectivity index (χ0v) is 8.04. The number of aromatic nitrogens is 1. The van der Waals surface area contributed by atoms with Crippen molar-refractivity contribution in [3.63, 3.8) is 0 Å². The molecule has 3 nitrogen and oxygen atoms in total. The molecule has 1 unspecified atom stereocenters. The lowest BCUT2D eigenvalue weighted by Gasteiger charge is -2.29. The average molecular weight is 220 g/mol. The lowest BCUT2D eigenvalue weighted by Crippen LogP contribution is -2.48. The second-order valence-corrected chi connectivity index (χ2v) is 3.25. The highest BCUT2D eigenvalue weighted by Gasteiger charge is 2.54. The summed E-state index contributed by atoms with van der Waals surface area (Å²) in [7, 11) is 0.